The maximum absolute atomic E-state index is 12.1. The molecule has 0 spiro atoms. The molecule has 23 heavy (non-hydrogen) atoms. The first kappa shape index (κ1) is 16.7. The lowest BCUT2D eigenvalue weighted by Crippen LogP contribution is -2.45. The number of alkyl halides is 1. The fourth-order valence-electron chi connectivity index (χ4n) is 3.50. The number of amides is 1. The number of carboxylic acids is 1. The highest BCUT2D eigenvalue weighted by atomic mass is 127. The van der Waals surface area contributed by atoms with Gasteiger partial charge in [-0.05, 0) is 18.4 Å². The van der Waals surface area contributed by atoms with Gasteiger partial charge in [0.1, 0.15) is 0 Å². The summed E-state index contributed by atoms with van der Waals surface area (Å²) in [5.41, 5.74) is 1.30. The molecular weight excluding hydrogens is 407 g/mol. The van der Waals surface area contributed by atoms with Crippen LogP contribution in [0.25, 0.3) is 0 Å². The molecule has 0 aromatic heterocycles. The zero-order valence-electron chi connectivity index (χ0n) is 12.9. The zero-order valence-corrected chi connectivity index (χ0v) is 15.1. The van der Waals surface area contributed by atoms with E-state index in [1.54, 1.807) is 4.90 Å². The van der Waals surface area contributed by atoms with E-state index in [2.05, 4.69) is 51.8 Å². The maximum atomic E-state index is 12.1. The van der Waals surface area contributed by atoms with E-state index in [4.69, 9.17) is 5.11 Å². The molecular formula is C17H21IN2O3. The Balaban J connectivity index is 1.56. The molecule has 2 heterocycles. The maximum Gasteiger partial charge on any atom is 0.308 e. The molecule has 124 valence electrons. The molecule has 1 aromatic rings. The summed E-state index contributed by atoms with van der Waals surface area (Å²) in [6.07, 6.45) is 2.00. The van der Waals surface area contributed by atoms with Gasteiger partial charge >= 0.3 is 5.97 Å². The highest BCUT2D eigenvalue weighted by molar-refractivity contribution is 14.1. The average molecular weight is 428 g/mol. The van der Waals surface area contributed by atoms with Crippen molar-refractivity contribution in [3.8, 4) is 0 Å². The van der Waals surface area contributed by atoms with Gasteiger partial charge in [0.2, 0.25) is 5.91 Å². The van der Waals surface area contributed by atoms with Crippen LogP contribution in [-0.4, -0.2) is 52.5 Å². The summed E-state index contributed by atoms with van der Waals surface area (Å²) >= 11 is 2.47. The molecule has 0 bridgehead atoms. The van der Waals surface area contributed by atoms with Gasteiger partial charge in [-0.2, -0.15) is 0 Å². The molecule has 2 aliphatic rings. The molecule has 5 nitrogen and oxygen atoms in total. The van der Waals surface area contributed by atoms with Gasteiger partial charge in [-0.1, -0.05) is 52.9 Å². The minimum Gasteiger partial charge on any atom is -0.481 e. The van der Waals surface area contributed by atoms with Crippen molar-refractivity contribution in [2.75, 3.05) is 19.6 Å². The minimum absolute atomic E-state index is 0.00457. The van der Waals surface area contributed by atoms with Crippen LogP contribution in [0.5, 0.6) is 0 Å². The summed E-state index contributed by atoms with van der Waals surface area (Å²) < 4.78 is 0.343. The molecule has 2 atom stereocenters. The number of halogens is 1. The molecule has 2 aliphatic heterocycles. The van der Waals surface area contributed by atoms with E-state index in [0.29, 0.717) is 10.6 Å². The molecule has 0 radical (unpaired) electrons. The third kappa shape index (κ3) is 3.68. The quantitative estimate of drug-likeness (QED) is 0.455. The number of nitrogens with zero attached hydrogens (tertiary/aromatic N) is 2. The van der Waals surface area contributed by atoms with Crippen LogP contribution in [-0.2, 0) is 9.59 Å². The SMILES string of the molecule is O=C(O)C1CC(=O)N(C2CCN(C(I)c3ccccc3)CC2)C1. The number of hydrogen-bond donors (Lipinski definition) is 1. The van der Waals surface area contributed by atoms with Gasteiger partial charge in [-0.3, -0.25) is 14.5 Å². The molecule has 2 unspecified atom stereocenters. The zero-order chi connectivity index (χ0) is 16.4. The molecule has 0 saturated carbocycles. The molecule has 1 aromatic carbocycles. The number of carbonyl (C=O) groups excluding carboxylic acids is 1. The van der Waals surface area contributed by atoms with Crippen LogP contribution < -0.4 is 0 Å². The van der Waals surface area contributed by atoms with Crippen molar-refractivity contribution in [1.82, 2.24) is 9.80 Å². The van der Waals surface area contributed by atoms with E-state index in [9.17, 15) is 9.59 Å². The van der Waals surface area contributed by atoms with Crippen molar-refractivity contribution in [2.24, 2.45) is 5.92 Å². The second kappa shape index (κ2) is 7.17. The summed E-state index contributed by atoms with van der Waals surface area (Å²) in [7, 11) is 0. The van der Waals surface area contributed by atoms with Crippen LogP contribution in [0.4, 0.5) is 0 Å². The van der Waals surface area contributed by atoms with Crippen molar-refractivity contribution in [2.45, 2.75) is 29.4 Å². The summed E-state index contributed by atoms with van der Waals surface area (Å²) in [4.78, 5) is 27.4. The molecule has 0 aliphatic carbocycles. The van der Waals surface area contributed by atoms with E-state index in [0.717, 1.165) is 25.9 Å². The standard InChI is InChI=1S/C17H21IN2O3/c18-16(12-4-2-1-3-5-12)19-8-6-14(7-9-19)20-11-13(17(22)23)10-15(20)21/h1-5,13-14,16H,6-11H2,(H,22,23). The third-order valence-corrected chi connectivity index (χ3v) is 6.35. The highest BCUT2D eigenvalue weighted by Crippen LogP contribution is 2.32. The second-order valence-electron chi connectivity index (χ2n) is 6.30. The molecule has 1 amide bonds. The summed E-state index contributed by atoms with van der Waals surface area (Å²) in [5, 5.41) is 9.10. The normalized spacial score (nSPS) is 24.8. The molecule has 1 N–H and O–H groups in total. The van der Waals surface area contributed by atoms with Crippen LogP contribution in [0.15, 0.2) is 30.3 Å². The van der Waals surface area contributed by atoms with Crippen LogP contribution in [0.1, 0.15) is 28.9 Å². The van der Waals surface area contributed by atoms with Crippen LogP contribution in [0.2, 0.25) is 0 Å². The van der Waals surface area contributed by atoms with Gasteiger partial charge in [-0.15, -0.1) is 0 Å². The predicted molar refractivity (Wildman–Crippen MR) is 95.3 cm³/mol. The number of carboxylic acid groups (broad SMARTS) is 1. The number of likely N-dealkylation sites (tertiary alicyclic amines) is 2. The number of hydrogen-bond acceptors (Lipinski definition) is 3. The Labute approximate surface area is 149 Å². The molecule has 3 rings (SSSR count). The molecule has 2 saturated heterocycles. The van der Waals surface area contributed by atoms with E-state index < -0.39 is 11.9 Å². The Bertz CT molecular complexity index is 572. The first-order valence-corrected chi connectivity index (χ1v) is 9.26. The first-order chi connectivity index (χ1) is 11.1. The molecule has 6 heteroatoms. The largest absolute Gasteiger partial charge is 0.481 e. The van der Waals surface area contributed by atoms with Crippen molar-refractivity contribution >= 4 is 34.5 Å². The number of rotatable bonds is 4. The lowest BCUT2D eigenvalue weighted by atomic mass is 10.0. The van der Waals surface area contributed by atoms with Gasteiger partial charge in [0.15, 0.2) is 0 Å². The van der Waals surface area contributed by atoms with E-state index in [1.807, 2.05) is 6.07 Å². The lowest BCUT2D eigenvalue weighted by Gasteiger charge is -2.39. The first-order valence-electron chi connectivity index (χ1n) is 8.01. The second-order valence-corrected chi connectivity index (χ2v) is 7.48. The smallest absolute Gasteiger partial charge is 0.308 e. The number of aliphatic carboxylic acids is 1. The Hall–Kier alpha value is -1.15. The average Bonchev–Trinajstić information content (AvgIpc) is 2.97. The number of piperidine rings is 1. The Kier molecular flexibility index (Phi) is 5.21. The predicted octanol–water partition coefficient (Wildman–Crippen LogP) is 2.52. The van der Waals surface area contributed by atoms with E-state index >= 15 is 0 Å². The fourth-order valence-corrected chi connectivity index (χ4v) is 4.47. The van der Waals surface area contributed by atoms with Crippen molar-refractivity contribution in [1.29, 1.82) is 0 Å². The molecule has 2 fully saturated rings. The Morgan fingerprint density at radius 3 is 2.43 bits per heavy atom. The van der Waals surface area contributed by atoms with Crippen LogP contribution in [0.3, 0.4) is 0 Å². The third-order valence-electron chi connectivity index (χ3n) is 4.84. The van der Waals surface area contributed by atoms with Gasteiger partial charge in [0.05, 0.1) is 9.97 Å². The van der Waals surface area contributed by atoms with E-state index in [-0.39, 0.29) is 18.4 Å². The van der Waals surface area contributed by atoms with E-state index in [1.165, 1.54) is 5.56 Å². The topological polar surface area (TPSA) is 60.9 Å². The summed E-state index contributed by atoms with van der Waals surface area (Å²) in [5.74, 6) is -1.37. The van der Waals surface area contributed by atoms with Gasteiger partial charge < -0.3 is 10.0 Å². The van der Waals surface area contributed by atoms with Crippen molar-refractivity contribution < 1.29 is 14.7 Å². The number of benzene rings is 1. The summed E-state index contributed by atoms with van der Waals surface area (Å²) in [6, 6.07) is 10.6. The Morgan fingerprint density at radius 1 is 1.22 bits per heavy atom. The van der Waals surface area contributed by atoms with Gasteiger partial charge in [0.25, 0.3) is 0 Å². The monoisotopic (exact) mass is 428 g/mol. The number of carbonyl (C=O) groups is 2. The summed E-state index contributed by atoms with van der Waals surface area (Å²) in [6.45, 7) is 2.26. The Morgan fingerprint density at radius 2 is 1.87 bits per heavy atom. The van der Waals surface area contributed by atoms with Crippen molar-refractivity contribution in [3.63, 3.8) is 0 Å². The minimum atomic E-state index is -0.852. The van der Waals surface area contributed by atoms with Gasteiger partial charge in [-0.25, -0.2) is 0 Å². The fraction of sp³-hybridized carbons (Fsp3) is 0.529. The van der Waals surface area contributed by atoms with Gasteiger partial charge in [0, 0.05) is 32.1 Å². The lowest BCUT2D eigenvalue weighted by molar-refractivity contribution is -0.141. The van der Waals surface area contributed by atoms with Crippen molar-refractivity contribution in [3.05, 3.63) is 35.9 Å². The highest BCUT2D eigenvalue weighted by Gasteiger charge is 2.39. The van der Waals surface area contributed by atoms with Crippen LogP contribution >= 0.6 is 22.6 Å². The van der Waals surface area contributed by atoms with Crippen LogP contribution in [0, 0.1) is 5.92 Å².